The van der Waals surface area contributed by atoms with E-state index in [9.17, 15) is 13.2 Å². The zero-order chi connectivity index (χ0) is 19.5. The van der Waals surface area contributed by atoms with Gasteiger partial charge in [0, 0.05) is 32.1 Å². The van der Waals surface area contributed by atoms with Crippen molar-refractivity contribution in [2.75, 3.05) is 33.6 Å². The molecule has 0 saturated heterocycles. The number of carbonyl (C=O) groups excluding carboxylic acids is 1. The van der Waals surface area contributed by atoms with Gasteiger partial charge in [0.1, 0.15) is 0 Å². The summed E-state index contributed by atoms with van der Waals surface area (Å²) >= 11 is 0. The molecule has 0 saturated carbocycles. The van der Waals surface area contributed by atoms with Crippen molar-refractivity contribution in [3.8, 4) is 11.5 Å². The Kier molecular flexibility index (Phi) is 6.52. The first-order valence-corrected chi connectivity index (χ1v) is 10.5. The predicted molar refractivity (Wildman–Crippen MR) is 100.0 cm³/mol. The number of benzene rings is 1. The molecule has 26 heavy (non-hydrogen) atoms. The highest BCUT2D eigenvalue weighted by Crippen LogP contribution is 2.33. The molecule has 1 heterocycles. The highest BCUT2D eigenvalue weighted by Gasteiger charge is 2.25. The second-order valence-corrected chi connectivity index (χ2v) is 8.69. The Morgan fingerprint density at radius 1 is 1.19 bits per heavy atom. The van der Waals surface area contributed by atoms with Crippen molar-refractivity contribution >= 4 is 15.9 Å². The van der Waals surface area contributed by atoms with Gasteiger partial charge >= 0.3 is 0 Å². The van der Waals surface area contributed by atoms with Crippen LogP contribution in [0.3, 0.4) is 0 Å². The van der Waals surface area contributed by atoms with E-state index in [0.29, 0.717) is 24.6 Å². The van der Waals surface area contributed by atoms with Crippen LogP contribution in [0.25, 0.3) is 0 Å². The van der Waals surface area contributed by atoms with Gasteiger partial charge < -0.3 is 14.4 Å². The first-order chi connectivity index (χ1) is 12.2. The van der Waals surface area contributed by atoms with Gasteiger partial charge in [-0.15, -0.1) is 0 Å². The standard InChI is InChI=1S/C18H28N2O5S/c1-13(2)20(26(5,22)23)9-7-18(21)19-8-6-14-10-16(24-3)17(25-4)11-15(14)12-19/h10-11,13H,6-9,12H2,1-5H3. The topological polar surface area (TPSA) is 76.2 Å². The summed E-state index contributed by atoms with van der Waals surface area (Å²) in [5.41, 5.74) is 2.18. The van der Waals surface area contributed by atoms with Gasteiger partial charge in [-0.05, 0) is 43.5 Å². The molecule has 0 bridgehead atoms. The van der Waals surface area contributed by atoms with Crippen LogP contribution in [-0.2, 0) is 27.8 Å². The normalized spacial score (nSPS) is 14.5. The van der Waals surface area contributed by atoms with Gasteiger partial charge in [-0.1, -0.05) is 0 Å². The summed E-state index contributed by atoms with van der Waals surface area (Å²) in [6, 6.07) is 3.70. The summed E-state index contributed by atoms with van der Waals surface area (Å²) in [6.45, 7) is 4.92. The lowest BCUT2D eigenvalue weighted by atomic mass is 9.98. The predicted octanol–water partition coefficient (Wildman–Crippen LogP) is 1.65. The fourth-order valence-electron chi connectivity index (χ4n) is 3.27. The fraction of sp³-hybridized carbons (Fsp3) is 0.611. The average molecular weight is 384 g/mol. The van der Waals surface area contributed by atoms with Crippen molar-refractivity contribution in [2.45, 2.75) is 39.3 Å². The van der Waals surface area contributed by atoms with E-state index in [2.05, 4.69) is 0 Å². The fourth-order valence-corrected chi connectivity index (χ4v) is 4.46. The van der Waals surface area contributed by atoms with Gasteiger partial charge in [0.15, 0.2) is 11.5 Å². The zero-order valence-electron chi connectivity index (χ0n) is 16.1. The number of hydrogen-bond donors (Lipinski definition) is 0. The summed E-state index contributed by atoms with van der Waals surface area (Å²) in [5, 5.41) is 0. The molecule has 2 rings (SSSR count). The molecule has 0 aromatic heterocycles. The molecule has 1 aliphatic heterocycles. The van der Waals surface area contributed by atoms with Crippen LogP contribution in [0.4, 0.5) is 0 Å². The molecule has 1 aromatic rings. The second kappa shape index (κ2) is 8.26. The van der Waals surface area contributed by atoms with Gasteiger partial charge in [-0.2, -0.15) is 4.31 Å². The summed E-state index contributed by atoms with van der Waals surface area (Å²) in [6.07, 6.45) is 2.09. The monoisotopic (exact) mass is 384 g/mol. The second-order valence-electron chi connectivity index (χ2n) is 6.76. The molecule has 0 unspecified atom stereocenters. The molecule has 0 spiro atoms. The molecule has 0 radical (unpaired) electrons. The van der Waals surface area contributed by atoms with Gasteiger partial charge in [0.05, 0.1) is 20.5 Å². The Labute approximate surface area is 155 Å². The van der Waals surface area contributed by atoms with E-state index < -0.39 is 10.0 Å². The van der Waals surface area contributed by atoms with Crippen molar-refractivity contribution in [3.05, 3.63) is 23.3 Å². The molecule has 0 aliphatic carbocycles. The van der Waals surface area contributed by atoms with Crippen molar-refractivity contribution in [2.24, 2.45) is 0 Å². The molecule has 1 amide bonds. The molecule has 1 aliphatic rings. The van der Waals surface area contributed by atoms with E-state index >= 15 is 0 Å². The number of ether oxygens (including phenoxy) is 2. The Morgan fingerprint density at radius 3 is 2.27 bits per heavy atom. The molecule has 1 aromatic carbocycles. The number of nitrogens with zero attached hydrogens (tertiary/aromatic N) is 2. The van der Waals surface area contributed by atoms with Crippen molar-refractivity contribution < 1.29 is 22.7 Å². The van der Waals surface area contributed by atoms with Crippen LogP contribution in [0, 0.1) is 0 Å². The maximum Gasteiger partial charge on any atom is 0.224 e. The van der Waals surface area contributed by atoms with Crippen LogP contribution in [-0.4, -0.2) is 63.1 Å². The molecule has 0 atom stereocenters. The molecule has 0 fully saturated rings. The molecule has 8 heteroatoms. The zero-order valence-corrected chi connectivity index (χ0v) is 16.9. The Morgan fingerprint density at radius 2 is 1.77 bits per heavy atom. The van der Waals surface area contributed by atoms with Gasteiger partial charge in [-0.25, -0.2) is 8.42 Å². The number of fused-ring (bicyclic) bond motifs is 1. The molecule has 146 valence electrons. The van der Waals surface area contributed by atoms with Gasteiger partial charge in [0.25, 0.3) is 0 Å². The lowest BCUT2D eigenvalue weighted by Crippen LogP contribution is -2.41. The summed E-state index contributed by atoms with van der Waals surface area (Å²) in [4.78, 5) is 14.4. The number of hydrogen-bond acceptors (Lipinski definition) is 5. The highest BCUT2D eigenvalue weighted by atomic mass is 32.2. The number of carbonyl (C=O) groups is 1. The third kappa shape index (κ3) is 4.67. The molecule has 7 nitrogen and oxygen atoms in total. The van der Waals surface area contributed by atoms with E-state index in [4.69, 9.17) is 9.47 Å². The van der Waals surface area contributed by atoms with E-state index in [-0.39, 0.29) is 24.9 Å². The van der Waals surface area contributed by atoms with Crippen LogP contribution >= 0.6 is 0 Å². The van der Waals surface area contributed by atoms with Crippen molar-refractivity contribution in [1.82, 2.24) is 9.21 Å². The van der Waals surface area contributed by atoms with E-state index in [1.165, 1.54) is 10.6 Å². The first kappa shape index (κ1) is 20.5. The van der Waals surface area contributed by atoms with Crippen LogP contribution in [0.1, 0.15) is 31.4 Å². The van der Waals surface area contributed by atoms with Crippen LogP contribution < -0.4 is 9.47 Å². The maximum atomic E-state index is 12.6. The van der Waals surface area contributed by atoms with E-state index in [0.717, 1.165) is 17.5 Å². The lowest BCUT2D eigenvalue weighted by molar-refractivity contribution is -0.132. The average Bonchev–Trinajstić information content (AvgIpc) is 2.58. The van der Waals surface area contributed by atoms with Crippen molar-refractivity contribution in [3.63, 3.8) is 0 Å². The van der Waals surface area contributed by atoms with Crippen molar-refractivity contribution in [1.29, 1.82) is 0 Å². The summed E-state index contributed by atoms with van der Waals surface area (Å²) in [5.74, 6) is 1.29. The third-order valence-corrected chi connectivity index (χ3v) is 6.07. The minimum Gasteiger partial charge on any atom is -0.493 e. The van der Waals surface area contributed by atoms with Gasteiger partial charge in [-0.3, -0.25) is 4.79 Å². The van der Waals surface area contributed by atoms with Crippen LogP contribution in [0.15, 0.2) is 12.1 Å². The smallest absolute Gasteiger partial charge is 0.224 e. The maximum absolute atomic E-state index is 12.6. The Balaban J connectivity index is 2.07. The SMILES string of the molecule is COc1cc2c(cc1OC)CN(C(=O)CCN(C(C)C)S(C)(=O)=O)CC2. The lowest BCUT2D eigenvalue weighted by Gasteiger charge is -2.31. The first-order valence-electron chi connectivity index (χ1n) is 8.65. The summed E-state index contributed by atoms with van der Waals surface area (Å²) < 4.78 is 35.7. The molecular formula is C18H28N2O5S. The van der Waals surface area contributed by atoms with E-state index in [1.54, 1.807) is 19.1 Å². The quantitative estimate of drug-likeness (QED) is 0.714. The number of rotatable bonds is 7. The minimum atomic E-state index is -3.32. The minimum absolute atomic E-state index is 0.0419. The number of methoxy groups -OCH3 is 2. The number of sulfonamides is 1. The molecule has 0 N–H and O–H groups in total. The largest absolute Gasteiger partial charge is 0.493 e. The number of amides is 1. The third-order valence-electron chi connectivity index (χ3n) is 4.62. The summed E-state index contributed by atoms with van der Waals surface area (Å²) in [7, 11) is -0.136. The Hall–Kier alpha value is -1.80. The highest BCUT2D eigenvalue weighted by molar-refractivity contribution is 7.88. The van der Waals surface area contributed by atoms with E-state index in [1.807, 2.05) is 26.0 Å². The van der Waals surface area contributed by atoms with Crippen LogP contribution in [0.5, 0.6) is 11.5 Å². The van der Waals surface area contributed by atoms with Gasteiger partial charge in [0.2, 0.25) is 15.9 Å². The Bertz CT molecular complexity index is 761. The van der Waals surface area contributed by atoms with Crippen LogP contribution in [0.2, 0.25) is 0 Å². The molecular weight excluding hydrogens is 356 g/mol.